The molecular formula is C24H17F2N3O4S2. The maximum Gasteiger partial charge on any atom is 0.279 e. The molecule has 1 aromatic heterocycles. The summed E-state index contributed by atoms with van der Waals surface area (Å²) < 4.78 is 62.4. The first-order valence-electron chi connectivity index (χ1n) is 9.99. The molecule has 3 aromatic carbocycles. The van der Waals surface area contributed by atoms with Crippen LogP contribution in [0.2, 0.25) is 0 Å². The average Bonchev–Trinajstić information content (AvgIpc) is 3.16. The van der Waals surface area contributed by atoms with Gasteiger partial charge in [0.15, 0.2) is 10.6 Å². The van der Waals surface area contributed by atoms with Crippen LogP contribution in [0.5, 0.6) is 5.75 Å². The Labute approximate surface area is 203 Å². The molecule has 1 heterocycles. The van der Waals surface area contributed by atoms with Crippen molar-refractivity contribution >= 4 is 43.2 Å². The van der Waals surface area contributed by atoms with Gasteiger partial charge in [0, 0.05) is 17.3 Å². The first-order valence-corrected chi connectivity index (χ1v) is 12.3. The molecule has 4 rings (SSSR count). The second-order valence-electron chi connectivity index (χ2n) is 7.19. The molecule has 7 nitrogen and oxygen atoms in total. The highest BCUT2D eigenvalue weighted by atomic mass is 32.2. The molecule has 1 amide bonds. The monoisotopic (exact) mass is 513 g/mol. The number of anilines is 1. The number of amides is 1. The number of benzene rings is 3. The van der Waals surface area contributed by atoms with Crippen LogP contribution in [-0.4, -0.2) is 26.0 Å². The van der Waals surface area contributed by atoms with E-state index in [1.54, 1.807) is 0 Å². The number of rotatable bonds is 6. The maximum absolute atomic E-state index is 14.4. The van der Waals surface area contributed by atoms with Crippen LogP contribution in [0.15, 0.2) is 70.6 Å². The van der Waals surface area contributed by atoms with Crippen molar-refractivity contribution in [2.24, 2.45) is 4.99 Å². The zero-order valence-corrected chi connectivity index (χ0v) is 19.8. The molecule has 0 saturated carbocycles. The summed E-state index contributed by atoms with van der Waals surface area (Å²) in [6.45, 7) is -0.0869. The molecule has 11 heteroatoms. The summed E-state index contributed by atoms with van der Waals surface area (Å²) in [6.07, 6.45) is 5.38. The van der Waals surface area contributed by atoms with Crippen LogP contribution in [0.3, 0.4) is 0 Å². The molecule has 178 valence electrons. The number of carbonyl (C=O) groups excluding carboxylic acids is 1. The third kappa shape index (κ3) is 5.08. The minimum atomic E-state index is -3.93. The first kappa shape index (κ1) is 24.1. The maximum atomic E-state index is 14.4. The van der Waals surface area contributed by atoms with Gasteiger partial charge in [0.1, 0.15) is 11.6 Å². The third-order valence-electron chi connectivity index (χ3n) is 4.87. The number of fused-ring (bicyclic) bond motifs is 1. The molecule has 4 aromatic rings. The Morgan fingerprint density at radius 2 is 1.91 bits per heavy atom. The fourth-order valence-corrected chi connectivity index (χ4v) is 5.41. The molecule has 35 heavy (non-hydrogen) atoms. The van der Waals surface area contributed by atoms with E-state index in [0.717, 1.165) is 23.5 Å². The smallest absolute Gasteiger partial charge is 0.279 e. The highest BCUT2D eigenvalue weighted by Crippen LogP contribution is 2.23. The minimum Gasteiger partial charge on any atom is -0.497 e. The molecule has 0 bridgehead atoms. The van der Waals surface area contributed by atoms with Crippen molar-refractivity contribution in [3.63, 3.8) is 0 Å². The standard InChI is InChI=1S/C24H17F2N3O4S2/c1-3-11-29-22-20(26)13-16(25)14-21(22)34-24(29)27-23(30)15-5-4-6-17(12-15)28-35(31,32)19-9-7-18(33-2)8-10-19/h1,4-10,12-14,28H,11H2,2H3. The largest absolute Gasteiger partial charge is 0.497 e. The Morgan fingerprint density at radius 3 is 2.60 bits per heavy atom. The molecule has 0 radical (unpaired) electrons. The van der Waals surface area contributed by atoms with Crippen molar-refractivity contribution in [3.8, 4) is 18.1 Å². The number of hydrogen-bond donors (Lipinski definition) is 1. The predicted octanol–water partition coefficient (Wildman–Crippen LogP) is 4.16. The lowest BCUT2D eigenvalue weighted by molar-refractivity contribution is 0.0998. The van der Waals surface area contributed by atoms with Crippen molar-refractivity contribution in [1.82, 2.24) is 4.57 Å². The van der Waals surface area contributed by atoms with E-state index < -0.39 is 27.6 Å². The highest BCUT2D eigenvalue weighted by molar-refractivity contribution is 7.92. The average molecular weight is 514 g/mol. The van der Waals surface area contributed by atoms with Crippen molar-refractivity contribution < 1.29 is 26.7 Å². The van der Waals surface area contributed by atoms with E-state index in [1.807, 2.05) is 0 Å². The van der Waals surface area contributed by atoms with Crippen LogP contribution >= 0.6 is 11.3 Å². The SMILES string of the molecule is C#CCn1c(=NC(=O)c2cccc(NS(=O)(=O)c3ccc(OC)cc3)c2)sc2cc(F)cc(F)c21. The predicted molar refractivity (Wildman–Crippen MR) is 129 cm³/mol. The number of nitrogens with zero attached hydrogens (tertiary/aromatic N) is 2. The summed E-state index contributed by atoms with van der Waals surface area (Å²) in [5.41, 5.74) is 0.265. The number of hydrogen-bond acceptors (Lipinski definition) is 5. The molecule has 0 spiro atoms. The second kappa shape index (κ2) is 9.69. The van der Waals surface area contributed by atoms with Gasteiger partial charge in [-0.2, -0.15) is 4.99 Å². The Morgan fingerprint density at radius 1 is 1.17 bits per heavy atom. The van der Waals surface area contributed by atoms with E-state index in [1.165, 1.54) is 60.2 Å². The highest BCUT2D eigenvalue weighted by Gasteiger charge is 2.17. The van der Waals surface area contributed by atoms with Crippen molar-refractivity contribution in [2.45, 2.75) is 11.4 Å². The molecular weight excluding hydrogens is 496 g/mol. The number of terminal acetylenes is 1. The number of ether oxygens (including phenoxy) is 1. The molecule has 0 aliphatic carbocycles. The zero-order valence-electron chi connectivity index (χ0n) is 18.2. The Bertz CT molecular complexity index is 1650. The van der Waals surface area contributed by atoms with Gasteiger partial charge in [-0.05, 0) is 48.5 Å². The number of methoxy groups -OCH3 is 1. The quantitative estimate of drug-likeness (QED) is 0.392. The summed E-state index contributed by atoms with van der Waals surface area (Å²) in [5, 5.41) is 0. The third-order valence-corrected chi connectivity index (χ3v) is 7.30. The number of aromatic nitrogens is 1. The van der Waals surface area contributed by atoms with Gasteiger partial charge >= 0.3 is 0 Å². The molecule has 0 aliphatic heterocycles. The lowest BCUT2D eigenvalue weighted by Crippen LogP contribution is -2.17. The van der Waals surface area contributed by atoms with E-state index in [4.69, 9.17) is 11.2 Å². The second-order valence-corrected chi connectivity index (χ2v) is 9.88. The van der Waals surface area contributed by atoms with Crippen LogP contribution in [0.25, 0.3) is 10.2 Å². The van der Waals surface area contributed by atoms with Gasteiger partial charge in [-0.1, -0.05) is 23.3 Å². The topological polar surface area (TPSA) is 89.8 Å². The van der Waals surface area contributed by atoms with Gasteiger partial charge in [-0.3, -0.25) is 9.52 Å². The first-order chi connectivity index (χ1) is 16.7. The van der Waals surface area contributed by atoms with Crippen LogP contribution < -0.4 is 14.3 Å². The lowest BCUT2D eigenvalue weighted by atomic mass is 10.2. The fraction of sp³-hybridized carbons (Fsp3) is 0.0833. The van der Waals surface area contributed by atoms with E-state index in [2.05, 4.69) is 15.6 Å². The van der Waals surface area contributed by atoms with Crippen molar-refractivity contribution in [2.75, 3.05) is 11.8 Å². The Balaban J connectivity index is 1.68. The Hall–Kier alpha value is -4.01. The Kier molecular flexibility index (Phi) is 6.68. The number of halogens is 2. The fourth-order valence-electron chi connectivity index (χ4n) is 3.29. The van der Waals surface area contributed by atoms with Crippen LogP contribution in [0.1, 0.15) is 10.4 Å². The van der Waals surface area contributed by atoms with Crippen LogP contribution in [0, 0.1) is 24.0 Å². The minimum absolute atomic E-state index is 0.00887. The van der Waals surface area contributed by atoms with Crippen molar-refractivity contribution in [1.29, 1.82) is 0 Å². The number of carbonyl (C=O) groups is 1. The number of nitrogens with one attached hydrogen (secondary N) is 1. The van der Waals surface area contributed by atoms with Gasteiger partial charge in [0.05, 0.1) is 28.8 Å². The molecule has 0 unspecified atom stereocenters. The lowest BCUT2D eigenvalue weighted by Gasteiger charge is -2.09. The van der Waals surface area contributed by atoms with E-state index in [0.29, 0.717) is 5.75 Å². The van der Waals surface area contributed by atoms with E-state index in [-0.39, 0.29) is 37.7 Å². The van der Waals surface area contributed by atoms with E-state index >= 15 is 0 Å². The number of thiazole rings is 1. The summed E-state index contributed by atoms with van der Waals surface area (Å²) in [6, 6.07) is 13.4. The van der Waals surface area contributed by atoms with Gasteiger partial charge in [0.2, 0.25) is 0 Å². The molecule has 0 aliphatic rings. The van der Waals surface area contributed by atoms with Crippen molar-refractivity contribution in [3.05, 3.63) is 82.7 Å². The zero-order chi connectivity index (χ0) is 25.2. The van der Waals surface area contributed by atoms with Gasteiger partial charge in [0.25, 0.3) is 15.9 Å². The van der Waals surface area contributed by atoms with Gasteiger partial charge < -0.3 is 9.30 Å². The summed E-state index contributed by atoms with van der Waals surface area (Å²) >= 11 is 0.908. The molecule has 0 saturated heterocycles. The molecule has 0 fully saturated rings. The van der Waals surface area contributed by atoms with E-state index in [9.17, 15) is 22.0 Å². The molecule has 1 N–H and O–H groups in total. The van der Waals surface area contributed by atoms with Gasteiger partial charge in [-0.25, -0.2) is 17.2 Å². The molecule has 0 atom stereocenters. The van der Waals surface area contributed by atoms with Crippen LogP contribution in [0.4, 0.5) is 14.5 Å². The summed E-state index contributed by atoms with van der Waals surface area (Å²) in [5.74, 6) is 0.569. The summed E-state index contributed by atoms with van der Waals surface area (Å²) in [7, 11) is -2.46. The number of sulfonamides is 1. The normalized spacial score (nSPS) is 11.9. The van der Waals surface area contributed by atoms with Gasteiger partial charge in [-0.15, -0.1) is 6.42 Å². The van der Waals surface area contributed by atoms with Crippen LogP contribution in [-0.2, 0) is 16.6 Å². The summed E-state index contributed by atoms with van der Waals surface area (Å²) in [4.78, 5) is 17.0.